The Balaban J connectivity index is 2.74. The summed E-state index contributed by atoms with van der Waals surface area (Å²) in [6, 6.07) is 2.45. The minimum absolute atomic E-state index is 0.511. The highest BCUT2D eigenvalue weighted by atomic mass is 79.9. The molecule has 0 spiro atoms. The lowest BCUT2D eigenvalue weighted by atomic mass is 10.1. The van der Waals surface area contributed by atoms with Crippen LogP contribution in [0.15, 0.2) is 10.7 Å². The molecule has 0 aliphatic rings. The second kappa shape index (κ2) is 6.84. The summed E-state index contributed by atoms with van der Waals surface area (Å²) < 4.78 is 0.855. The molecule has 1 aromatic rings. The Labute approximate surface area is 106 Å². The molecule has 0 bridgehead atoms. The van der Waals surface area contributed by atoms with E-state index < -0.39 is 0 Å². The third kappa shape index (κ3) is 4.08. The van der Waals surface area contributed by atoms with E-state index in [9.17, 15) is 0 Å². The van der Waals surface area contributed by atoms with E-state index in [1.54, 1.807) is 0 Å². The Morgan fingerprint density at radius 3 is 2.62 bits per heavy atom. The summed E-state index contributed by atoms with van der Waals surface area (Å²) in [5.41, 5.74) is 0. The molecule has 0 radical (unpaired) electrons. The lowest BCUT2D eigenvalue weighted by molar-refractivity contribution is 0.619. The van der Waals surface area contributed by atoms with Crippen molar-refractivity contribution in [1.29, 1.82) is 0 Å². The summed E-state index contributed by atoms with van der Waals surface area (Å²) >= 11 is 3.41. The molecule has 4 heteroatoms. The first-order valence-corrected chi connectivity index (χ1v) is 6.78. The number of nitrogens with one attached hydrogen (secondary N) is 1. The number of anilines is 1. The molecule has 3 nitrogen and oxygen atoms in total. The fourth-order valence-corrected chi connectivity index (χ4v) is 2.05. The highest BCUT2D eigenvalue weighted by Gasteiger charge is 2.07. The minimum atomic E-state index is 0.511. The Hall–Kier alpha value is -0.640. The first-order chi connectivity index (χ1) is 7.69. The number of aryl methyl sites for hydroxylation is 1. The molecule has 16 heavy (non-hydrogen) atoms. The van der Waals surface area contributed by atoms with E-state index in [-0.39, 0.29) is 0 Å². The second-order valence-corrected chi connectivity index (χ2v) is 4.70. The highest BCUT2D eigenvalue weighted by Crippen LogP contribution is 2.15. The molecule has 0 aliphatic heterocycles. The topological polar surface area (TPSA) is 37.8 Å². The zero-order valence-corrected chi connectivity index (χ0v) is 11.8. The number of hydrogen-bond donors (Lipinski definition) is 1. The van der Waals surface area contributed by atoms with Gasteiger partial charge in [-0.25, -0.2) is 9.97 Å². The van der Waals surface area contributed by atoms with Gasteiger partial charge >= 0.3 is 0 Å². The zero-order valence-electron chi connectivity index (χ0n) is 10.3. The highest BCUT2D eigenvalue weighted by molar-refractivity contribution is 9.10. The lowest BCUT2D eigenvalue weighted by Crippen LogP contribution is -2.19. The normalized spacial score (nSPS) is 12.5. The van der Waals surface area contributed by atoms with Crippen molar-refractivity contribution in [3.63, 3.8) is 0 Å². The molecule has 1 rings (SSSR count). The van der Waals surface area contributed by atoms with Crippen molar-refractivity contribution in [3.8, 4) is 0 Å². The maximum Gasteiger partial charge on any atom is 0.131 e. The van der Waals surface area contributed by atoms with Crippen molar-refractivity contribution >= 4 is 21.7 Å². The van der Waals surface area contributed by atoms with Crippen LogP contribution in [-0.4, -0.2) is 16.0 Å². The van der Waals surface area contributed by atoms with Gasteiger partial charge in [0.15, 0.2) is 0 Å². The van der Waals surface area contributed by atoms with Crippen molar-refractivity contribution in [2.45, 2.75) is 52.5 Å². The Morgan fingerprint density at radius 2 is 2.06 bits per heavy atom. The van der Waals surface area contributed by atoms with Crippen molar-refractivity contribution in [1.82, 2.24) is 9.97 Å². The van der Waals surface area contributed by atoms with Crippen molar-refractivity contribution in [3.05, 3.63) is 16.5 Å². The number of rotatable bonds is 6. The summed E-state index contributed by atoms with van der Waals surface area (Å²) in [6.07, 6.45) is 4.35. The number of hydrogen-bond acceptors (Lipinski definition) is 3. The Kier molecular flexibility index (Phi) is 5.74. The standard InChI is InChI=1S/C12H20BrN3/c1-4-7-9(5-2)14-12-8-10(13)15-11(6-3)16-12/h8-9H,4-7H2,1-3H3,(H,14,15,16). The number of nitrogens with zero attached hydrogens (tertiary/aromatic N) is 2. The van der Waals surface area contributed by atoms with Crippen molar-refractivity contribution < 1.29 is 0 Å². The van der Waals surface area contributed by atoms with Gasteiger partial charge in [0.05, 0.1) is 0 Å². The summed E-state index contributed by atoms with van der Waals surface area (Å²) in [6.45, 7) is 6.47. The predicted octanol–water partition coefficient (Wildman–Crippen LogP) is 3.79. The van der Waals surface area contributed by atoms with Gasteiger partial charge < -0.3 is 5.32 Å². The molecule has 90 valence electrons. The average Bonchev–Trinajstić information content (AvgIpc) is 2.27. The largest absolute Gasteiger partial charge is 0.367 e. The predicted molar refractivity (Wildman–Crippen MR) is 71.7 cm³/mol. The van der Waals surface area contributed by atoms with Crippen LogP contribution in [0.3, 0.4) is 0 Å². The maximum atomic E-state index is 4.47. The van der Waals surface area contributed by atoms with E-state index in [1.807, 2.05) is 6.07 Å². The molecular weight excluding hydrogens is 266 g/mol. The van der Waals surface area contributed by atoms with Crippen LogP contribution in [0.25, 0.3) is 0 Å². The summed E-state index contributed by atoms with van der Waals surface area (Å²) in [4.78, 5) is 8.77. The summed E-state index contributed by atoms with van der Waals surface area (Å²) in [5.74, 6) is 1.81. The van der Waals surface area contributed by atoms with Crippen molar-refractivity contribution in [2.24, 2.45) is 0 Å². The van der Waals surface area contributed by atoms with Crippen LogP contribution in [0.2, 0.25) is 0 Å². The molecule has 0 aliphatic carbocycles. The van der Waals surface area contributed by atoms with Crippen LogP contribution in [0.1, 0.15) is 45.9 Å². The SMILES string of the molecule is CCCC(CC)Nc1cc(Br)nc(CC)n1. The fourth-order valence-electron chi connectivity index (χ4n) is 1.63. The van der Waals surface area contributed by atoms with E-state index in [0.29, 0.717) is 6.04 Å². The van der Waals surface area contributed by atoms with Crippen LogP contribution >= 0.6 is 15.9 Å². The minimum Gasteiger partial charge on any atom is -0.367 e. The van der Waals surface area contributed by atoms with Gasteiger partial charge in [0, 0.05) is 18.5 Å². The van der Waals surface area contributed by atoms with Gasteiger partial charge in [-0.05, 0) is 28.8 Å². The number of halogens is 1. The molecular formula is C12H20BrN3. The maximum absolute atomic E-state index is 4.47. The summed E-state index contributed by atoms with van der Waals surface area (Å²) in [7, 11) is 0. The van der Waals surface area contributed by atoms with Gasteiger partial charge in [0.1, 0.15) is 16.2 Å². The van der Waals surface area contributed by atoms with E-state index >= 15 is 0 Å². The van der Waals surface area contributed by atoms with Gasteiger partial charge in [-0.3, -0.25) is 0 Å². The third-order valence-electron chi connectivity index (χ3n) is 2.54. The molecule has 1 atom stereocenters. The second-order valence-electron chi connectivity index (χ2n) is 3.88. The van der Waals surface area contributed by atoms with Gasteiger partial charge in [-0.2, -0.15) is 0 Å². The molecule has 1 unspecified atom stereocenters. The Bertz CT molecular complexity index is 328. The van der Waals surface area contributed by atoms with Crippen LogP contribution in [0.4, 0.5) is 5.82 Å². The van der Waals surface area contributed by atoms with Crippen LogP contribution < -0.4 is 5.32 Å². The van der Waals surface area contributed by atoms with E-state index in [2.05, 4.69) is 52.0 Å². The van der Waals surface area contributed by atoms with Gasteiger partial charge in [-0.1, -0.05) is 27.2 Å². The molecule has 1 aromatic heterocycles. The van der Waals surface area contributed by atoms with Crippen LogP contribution in [0.5, 0.6) is 0 Å². The molecule has 1 N–H and O–H groups in total. The molecule has 0 amide bonds. The van der Waals surface area contributed by atoms with E-state index in [4.69, 9.17) is 0 Å². The van der Waals surface area contributed by atoms with Crippen molar-refractivity contribution in [2.75, 3.05) is 5.32 Å². The zero-order chi connectivity index (χ0) is 12.0. The summed E-state index contributed by atoms with van der Waals surface area (Å²) in [5, 5.41) is 3.46. The van der Waals surface area contributed by atoms with Crippen LogP contribution in [0, 0.1) is 0 Å². The molecule has 0 fully saturated rings. The lowest BCUT2D eigenvalue weighted by Gasteiger charge is -2.17. The molecule has 0 saturated heterocycles. The number of aromatic nitrogens is 2. The average molecular weight is 286 g/mol. The first kappa shape index (κ1) is 13.4. The first-order valence-electron chi connectivity index (χ1n) is 5.99. The van der Waals surface area contributed by atoms with Gasteiger partial charge in [0.25, 0.3) is 0 Å². The van der Waals surface area contributed by atoms with E-state index in [1.165, 1.54) is 12.8 Å². The van der Waals surface area contributed by atoms with Gasteiger partial charge in [-0.15, -0.1) is 0 Å². The fraction of sp³-hybridized carbons (Fsp3) is 0.667. The van der Waals surface area contributed by atoms with Crippen LogP contribution in [-0.2, 0) is 6.42 Å². The third-order valence-corrected chi connectivity index (χ3v) is 2.95. The quantitative estimate of drug-likeness (QED) is 0.808. The van der Waals surface area contributed by atoms with E-state index in [0.717, 1.165) is 29.1 Å². The Morgan fingerprint density at radius 1 is 1.31 bits per heavy atom. The molecule has 1 heterocycles. The smallest absolute Gasteiger partial charge is 0.131 e. The molecule has 0 saturated carbocycles. The monoisotopic (exact) mass is 285 g/mol. The molecule has 0 aromatic carbocycles. The van der Waals surface area contributed by atoms with Gasteiger partial charge in [0.2, 0.25) is 0 Å².